The van der Waals surface area contributed by atoms with Crippen LogP contribution in [0.5, 0.6) is 0 Å². The predicted octanol–water partition coefficient (Wildman–Crippen LogP) is 6.12. The Morgan fingerprint density at radius 2 is 1.07 bits per heavy atom. The monoisotopic (exact) mass is 388 g/mol. The second-order valence-electron chi connectivity index (χ2n) is 10.1. The normalized spacial score (nSPS) is 12.8. The summed E-state index contributed by atoms with van der Waals surface area (Å²) in [6, 6.07) is 16.9. The fraction of sp³-hybridized carbons (Fsp3) is 0.385. The van der Waals surface area contributed by atoms with Gasteiger partial charge in [-0.2, -0.15) is 0 Å². The maximum Gasteiger partial charge on any atom is 0.246 e. The van der Waals surface area contributed by atoms with E-state index in [9.17, 15) is 4.79 Å². The van der Waals surface area contributed by atoms with E-state index in [2.05, 4.69) is 95.1 Å². The molecule has 0 amide bonds. The Hall–Kier alpha value is -2.68. The van der Waals surface area contributed by atoms with Crippen LogP contribution in [0.1, 0.15) is 75.5 Å². The number of aromatic nitrogens is 2. The lowest BCUT2D eigenvalue weighted by Gasteiger charge is -2.31. The maximum absolute atomic E-state index is 13.6. The molecular weight excluding hydrogens is 356 g/mol. The molecule has 0 bridgehead atoms. The minimum Gasteiger partial charge on any atom is -0.275 e. The summed E-state index contributed by atoms with van der Waals surface area (Å²) in [5.41, 5.74) is 3.78. The number of rotatable bonds is 3. The zero-order chi connectivity index (χ0) is 21.4. The van der Waals surface area contributed by atoms with Gasteiger partial charge in [-0.25, -0.2) is 4.98 Å². The van der Waals surface area contributed by atoms with Gasteiger partial charge in [-0.3, -0.25) is 9.36 Å². The van der Waals surface area contributed by atoms with Gasteiger partial charge in [-0.15, -0.1) is 0 Å². The Morgan fingerprint density at radius 1 is 0.690 bits per heavy atom. The van der Waals surface area contributed by atoms with Gasteiger partial charge in [0.1, 0.15) is 6.33 Å². The van der Waals surface area contributed by atoms with Gasteiger partial charge < -0.3 is 0 Å². The van der Waals surface area contributed by atoms with Gasteiger partial charge in [-0.05, 0) is 40.0 Å². The van der Waals surface area contributed by atoms with Crippen molar-refractivity contribution in [3.05, 3.63) is 89.5 Å². The third-order valence-electron chi connectivity index (χ3n) is 5.82. The number of nitrogens with zero attached hydrogens (tertiary/aromatic N) is 2. The summed E-state index contributed by atoms with van der Waals surface area (Å²) in [6.45, 7) is 15.2. The van der Waals surface area contributed by atoms with Crippen molar-refractivity contribution in [2.24, 2.45) is 0 Å². The van der Waals surface area contributed by atoms with Gasteiger partial charge >= 0.3 is 0 Å². The van der Waals surface area contributed by atoms with Crippen LogP contribution >= 0.6 is 0 Å². The molecule has 0 radical (unpaired) electrons. The number of carbonyl (C=O) groups excluding carboxylic acids is 1. The van der Waals surface area contributed by atoms with E-state index in [1.807, 2.05) is 6.92 Å². The highest BCUT2D eigenvalue weighted by molar-refractivity contribution is 5.93. The SMILES string of the molecule is CC(C)(C)c1ccc(C(C)(C(=O)n2ccnc2)c2ccc(C(C)(C)C)cc2)cc1. The lowest BCUT2D eigenvalue weighted by atomic mass is 9.73. The van der Waals surface area contributed by atoms with E-state index < -0.39 is 5.41 Å². The molecule has 0 fully saturated rings. The molecule has 0 atom stereocenters. The van der Waals surface area contributed by atoms with Crippen molar-refractivity contribution in [2.75, 3.05) is 0 Å². The first-order valence-corrected chi connectivity index (χ1v) is 10.2. The number of imidazole rings is 1. The van der Waals surface area contributed by atoms with Crippen LogP contribution in [0.25, 0.3) is 0 Å². The first-order chi connectivity index (χ1) is 13.4. The molecular formula is C26H32N2O. The molecule has 0 aliphatic carbocycles. The molecule has 152 valence electrons. The summed E-state index contributed by atoms with van der Waals surface area (Å²) in [4.78, 5) is 17.7. The summed E-state index contributed by atoms with van der Waals surface area (Å²) in [7, 11) is 0. The lowest BCUT2D eigenvalue weighted by Crippen LogP contribution is -2.37. The van der Waals surface area contributed by atoms with Crippen LogP contribution in [-0.2, 0) is 16.2 Å². The van der Waals surface area contributed by atoms with Crippen molar-refractivity contribution < 1.29 is 4.79 Å². The Balaban J connectivity index is 2.13. The number of carbonyl (C=O) groups is 1. The summed E-state index contributed by atoms with van der Waals surface area (Å²) >= 11 is 0. The van der Waals surface area contributed by atoms with Gasteiger partial charge in [0.25, 0.3) is 0 Å². The highest BCUT2D eigenvalue weighted by atomic mass is 16.2. The van der Waals surface area contributed by atoms with Crippen molar-refractivity contribution in [3.8, 4) is 0 Å². The van der Waals surface area contributed by atoms with Gasteiger partial charge in [-0.1, -0.05) is 90.1 Å². The molecule has 1 aromatic heterocycles. The van der Waals surface area contributed by atoms with Crippen LogP contribution in [-0.4, -0.2) is 15.5 Å². The van der Waals surface area contributed by atoms with E-state index in [-0.39, 0.29) is 16.7 Å². The lowest BCUT2D eigenvalue weighted by molar-refractivity contribution is 0.0836. The van der Waals surface area contributed by atoms with Gasteiger partial charge in [0.15, 0.2) is 0 Å². The van der Waals surface area contributed by atoms with E-state index in [1.54, 1.807) is 23.3 Å². The van der Waals surface area contributed by atoms with Gasteiger partial charge in [0.05, 0.1) is 5.41 Å². The molecule has 0 saturated carbocycles. The van der Waals surface area contributed by atoms with Gasteiger partial charge in [0, 0.05) is 12.4 Å². The summed E-state index contributed by atoms with van der Waals surface area (Å²) in [5.74, 6) is -0.0120. The second kappa shape index (κ2) is 7.29. The Labute approximate surface area is 174 Å². The number of benzene rings is 2. The molecule has 3 nitrogen and oxygen atoms in total. The molecule has 1 heterocycles. The fourth-order valence-corrected chi connectivity index (χ4v) is 3.66. The molecule has 0 aliphatic heterocycles. The first-order valence-electron chi connectivity index (χ1n) is 10.2. The summed E-state index contributed by atoms with van der Waals surface area (Å²) in [6.07, 6.45) is 4.94. The van der Waals surface area contributed by atoms with E-state index in [4.69, 9.17) is 0 Å². The summed E-state index contributed by atoms with van der Waals surface area (Å²) in [5, 5.41) is 0. The highest BCUT2D eigenvalue weighted by Crippen LogP contribution is 2.36. The first kappa shape index (κ1) is 21.0. The smallest absolute Gasteiger partial charge is 0.246 e. The topological polar surface area (TPSA) is 34.9 Å². The van der Waals surface area contributed by atoms with Crippen LogP contribution in [0, 0.1) is 0 Å². The van der Waals surface area contributed by atoms with Crippen LogP contribution in [0.2, 0.25) is 0 Å². The fourth-order valence-electron chi connectivity index (χ4n) is 3.66. The zero-order valence-electron chi connectivity index (χ0n) is 18.7. The largest absolute Gasteiger partial charge is 0.275 e. The quantitative estimate of drug-likeness (QED) is 0.541. The highest BCUT2D eigenvalue weighted by Gasteiger charge is 2.38. The Bertz CT molecular complexity index is 910. The minimum atomic E-state index is -0.812. The minimum absolute atomic E-state index is 0.0120. The maximum atomic E-state index is 13.6. The van der Waals surface area contributed by atoms with Crippen molar-refractivity contribution in [2.45, 2.75) is 64.7 Å². The zero-order valence-corrected chi connectivity index (χ0v) is 18.7. The third kappa shape index (κ3) is 4.05. The Kier molecular flexibility index (Phi) is 5.29. The molecule has 29 heavy (non-hydrogen) atoms. The van der Waals surface area contributed by atoms with Crippen molar-refractivity contribution >= 4 is 5.91 Å². The third-order valence-corrected chi connectivity index (χ3v) is 5.82. The molecule has 3 rings (SSSR count). The van der Waals surface area contributed by atoms with Crippen LogP contribution in [0.3, 0.4) is 0 Å². The number of hydrogen-bond donors (Lipinski definition) is 0. The van der Waals surface area contributed by atoms with Gasteiger partial charge in [0.2, 0.25) is 5.91 Å². The van der Waals surface area contributed by atoms with Crippen LogP contribution in [0.4, 0.5) is 0 Å². The molecule has 0 saturated heterocycles. The molecule has 0 unspecified atom stereocenters. The van der Waals surface area contributed by atoms with Crippen LogP contribution < -0.4 is 0 Å². The molecule has 0 aliphatic rings. The van der Waals surface area contributed by atoms with Crippen molar-refractivity contribution in [1.82, 2.24) is 9.55 Å². The Morgan fingerprint density at radius 3 is 1.38 bits per heavy atom. The van der Waals surface area contributed by atoms with Crippen molar-refractivity contribution in [1.29, 1.82) is 0 Å². The van der Waals surface area contributed by atoms with E-state index in [1.165, 1.54) is 11.1 Å². The molecule has 2 aromatic carbocycles. The van der Waals surface area contributed by atoms with Crippen molar-refractivity contribution in [3.63, 3.8) is 0 Å². The van der Waals surface area contributed by atoms with E-state index in [0.717, 1.165) is 11.1 Å². The average Bonchev–Trinajstić information content (AvgIpc) is 3.20. The van der Waals surface area contributed by atoms with E-state index >= 15 is 0 Å². The van der Waals surface area contributed by atoms with Crippen LogP contribution in [0.15, 0.2) is 67.3 Å². The standard InChI is InChI=1S/C26H32N2O/c1-24(2,3)19-8-12-21(13-9-19)26(7,23(29)28-17-16-27-18-28)22-14-10-20(11-15-22)25(4,5)6/h8-18H,1-7H3. The molecule has 0 spiro atoms. The van der Waals surface area contributed by atoms with E-state index in [0.29, 0.717) is 0 Å². The average molecular weight is 389 g/mol. The predicted molar refractivity (Wildman–Crippen MR) is 120 cm³/mol. The molecule has 3 heteroatoms. The molecule has 0 N–H and O–H groups in total. The second-order valence-corrected chi connectivity index (χ2v) is 10.1. The summed E-state index contributed by atoms with van der Waals surface area (Å²) < 4.78 is 1.58. The number of hydrogen-bond acceptors (Lipinski definition) is 2. The molecule has 3 aromatic rings.